The average molecular weight is 390 g/mol. The van der Waals surface area contributed by atoms with E-state index in [2.05, 4.69) is 5.32 Å². The van der Waals surface area contributed by atoms with Crippen LogP contribution in [0.5, 0.6) is 0 Å². The van der Waals surface area contributed by atoms with Gasteiger partial charge in [0.2, 0.25) is 10.0 Å². The monoisotopic (exact) mass is 390 g/mol. The minimum atomic E-state index is -3.41. The van der Waals surface area contributed by atoms with Crippen molar-refractivity contribution >= 4 is 33.3 Å². The lowest BCUT2D eigenvalue weighted by atomic mass is 10.1. The van der Waals surface area contributed by atoms with Crippen LogP contribution < -0.4 is 9.62 Å². The van der Waals surface area contributed by atoms with E-state index in [1.165, 1.54) is 13.1 Å². The van der Waals surface area contributed by atoms with Gasteiger partial charge in [-0.3, -0.25) is 9.10 Å². The fraction of sp³-hybridized carbons (Fsp3) is 0.263. The molecule has 2 aromatic rings. The first-order valence-electron chi connectivity index (χ1n) is 8.43. The molecule has 0 radical (unpaired) electrons. The number of hydrogen-bond donors (Lipinski definition) is 1. The number of anilines is 2. The molecule has 0 aliphatic carbocycles. The normalized spacial score (nSPS) is 10.9. The Bertz CT molecular complexity index is 923. The van der Waals surface area contributed by atoms with Crippen LogP contribution in [0.2, 0.25) is 0 Å². The molecule has 0 aromatic heterocycles. The Morgan fingerprint density at radius 3 is 2.30 bits per heavy atom. The summed E-state index contributed by atoms with van der Waals surface area (Å²) in [5.74, 6) is -0.849. The Morgan fingerprint density at radius 1 is 1.04 bits per heavy atom. The summed E-state index contributed by atoms with van der Waals surface area (Å²) >= 11 is 0. The lowest BCUT2D eigenvalue weighted by Gasteiger charge is -2.19. The molecule has 1 N–H and O–H groups in total. The van der Waals surface area contributed by atoms with Crippen LogP contribution in [0.4, 0.5) is 11.4 Å². The summed E-state index contributed by atoms with van der Waals surface area (Å²) < 4.78 is 30.0. The van der Waals surface area contributed by atoms with Gasteiger partial charge in [-0.15, -0.1) is 0 Å². The van der Waals surface area contributed by atoms with E-state index in [4.69, 9.17) is 4.74 Å². The fourth-order valence-corrected chi connectivity index (χ4v) is 3.13. The zero-order valence-electron chi connectivity index (χ0n) is 15.4. The van der Waals surface area contributed by atoms with Gasteiger partial charge >= 0.3 is 5.97 Å². The molecule has 2 rings (SSSR count). The second kappa shape index (κ2) is 8.68. The minimum absolute atomic E-state index is 0.0350. The van der Waals surface area contributed by atoms with E-state index in [1.54, 1.807) is 56.3 Å². The van der Waals surface area contributed by atoms with Crippen molar-refractivity contribution in [1.82, 2.24) is 0 Å². The highest BCUT2D eigenvalue weighted by Crippen LogP contribution is 2.19. The standard InChI is InChI=1S/C19H22N2O5S/c1-4-26-19(23)14-9-11-16(12-10-14)20-18(22)15-7-6-8-17(13-15)21(3)27(24,25)5-2/h6-13H,4-5H2,1-3H3,(H,20,22). The number of nitrogens with zero attached hydrogens (tertiary/aromatic N) is 1. The van der Waals surface area contributed by atoms with Crippen LogP contribution in [0, 0.1) is 0 Å². The highest BCUT2D eigenvalue weighted by atomic mass is 32.2. The third kappa shape index (κ3) is 5.07. The summed E-state index contributed by atoms with van der Waals surface area (Å²) in [6, 6.07) is 12.7. The summed E-state index contributed by atoms with van der Waals surface area (Å²) in [7, 11) is -1.96. The van der Waals surface area contributed by atoms with Gasteiger partial charge in [-0.2, -0.15) is 0 Å². The number of amides is 1. The molecule has 0 spiro atoms. The third-order valence-corrected chi connectivity index (χ3v) is 5.68. The van der Waals surface area contributed by atoms with E-state index in [1.807, 2.05) is 0 Å². The lowest BCUT2D eigenvalue weighted by Crippen LogP contribution is -2.28. The molecule has 2 aromatic carbocycles. The molecule has 0 aliphatic rings. The highest BCUT2D eigenvalue weighted by molar-refractivity contribution is 7.92. The number of rotatable bonds is 7. The number of hydrogen-bond acceptors (Lipinski definition) is 5. The second-order valence-electron chi connectivity index (χ2n) is 5.67. The van der Waals surface area contributed by atoms with E-state index >= 15 is 0 Å². The van der Waals surface area contributed by atoms with Crippen molar-refractivity contribution in [3.8, 4) is 0 Å². The van der Waals surface area contributed by atoms with Gasteiger partial charge in [-0.25, -0.2) is 13.2 Å². The van der Waals surface area contributed by atoms with Crippen molar-refractivity contribution < 1.29 is 22.7 Å². The summed E-state index contributed by atoms with van der Waals surface area (Å²) in [4.78, 5) is 24.1. The summed E-state index contributed by atoms with van der Waals surface area (Å²) in [6.45, 7) is 3.57. The molecule has 27 heavy (non-hydrogen) atoms. The number of benzene rings is 2. The Balaban J connectivity index is 2.15. The van der Waals surface area contributed by atoms with Crippen molar-refractivity contribution in [1.29, 1.82) is 0 Å². The quantitative estimate of drug-likeness (QED) is 0.734. The summed E-state index contributed by atoms with van der Waals surface area (Å²) in [5.41, 5.74) is 1.62. The van der Waals surface area contributed by atoms with Crippen LogP contribution in [-0.2, 0) is 14.8 Å². The number of nitrogens with one attached hydrogen (secondary N) is 1. The van der Waals surface area contributed by atoms with Crippen LogP contribution >= 0.6 is 0 Å². The molecular weight excluding hydrogens is 368 g/mol. The van der Waals surface area contributed by atoms with Gasteiger partial charge in [-0.1, -0.05) is 6.07 Å². The van der Waals surface area contributed by atoms with Crippen LogP contribution in [0.1, 0.15) is 34.6 Å². The molecule has 0 fully saturated rings. The van der Waals surface area contributed by atoms with Crippen molar-refractivity contribution in [2.45, 2.75) is 13.8 Å². The third-order valence-electron chi connectivity index (χ3n) is 3.91. The van der Waals surface area contributed by atoms with Gasteiger partial charge in [0, 0.05) is 18.3 Å². The Kier molecular flexibility index (Phi) is 6.57. The number of esters is 1. The maximum absolute atomic E-state index is 12.5. The second-order valence-corrected chi connectivity index (χ2v) is 7.96. The SMILES string of the molecule is CCOC(=O)c1ccc(NC(=O)c2cccc(N(C)S(=O)(=O)CC)c2)cc1. The van der Waals surface area contributed by atoms with Crippen molar-refractivity contribution in [2.75, 3.05) is 29.0 Å². The molecule has 1 amide bonds. The first kappa shape index (κ1) is 20.4. The Hall–Kier alpha value is -2.87. The predicted octanol–water partition coefficient (Wildman–Crippen LogP) is 2.90. The first-order valence-corrected chi connectivity index (χ1v) is 10.0. The first-order chi connectivity index (χ1) is 12.8. The zero-order valence-corrected chi connectivity index (χ0v) is 16.2. The molecule has 0 aliphatic heterocycles. The molecule has 0 unspecified atom stereocenters. The molecule has 7 nitrogen and oxygen atoms in total. The average Bonchev–Trinajstić information content (AvgIpc) is 2.68. The predicted molar refractivity (Wildman–Crippen MR) is 105 cm³/mol. The van der Waals surface area contributed by atoms with Crippen LogP contribution in [-0.4, -0.2) is 39.7 Å². The van der Waals surface area contributed by atoms with Gasteiger partial charge in [0.1, 0.15) is 0 Å². The lowest BCUT2D eigenvalue weighted by molar-refractivity contribution is 0.0526. The maximum Gasteiger partial charge on any atom is 0.338 e. The van der Waals surface area contributed by atoms with Gasteiger partial charge in [0.25, 0.3) is 5.91 Å². The molecule has 0 heterocycles. The molecule has 144 valence electrons. The molecule has 0 bridgehead atoms. The van der Waals surface area contributed by atoms with Crippen LogP contribution in [0.15, 0.2) is 48.5 Å². The molecule has 0 atom stereocenters. The van der Waals surface area contributed by atoms with E-state index < -0.39 is 16.0 Å². The maximum atomic E-state index is 12.5. The number of carbonyl (C=O) groups is 2. The van der Waals surface area contributed by atoms with Crippen molar-refractivity contribution in [3.05, 3.63) is 59.7 Å². The molecule has 0 saturated heterocycles. The smallest absolute Gasteiger partial charge is 0.338 e. The molecular formula is C19H22N2O5S. The summed E-state index contributed by atoms with van der Waals surface area (Å²) in [5, 5.41) is 2.72. The Labute approximate surface area is 159 Å². The van der Waals surface area contributed by atoms with Crippen LogP contribution in [0.3, 0.4) is 0 Å². The van der Waals surface area contributed by atoms with E-state index in [0.717, 1.165) is 4.31 Å². The van der Waals surface area contributed by atoms with Crippen LogP contribution in [0.25, 0.3) is 0 Å². The number of sulfonamides is 1. The van der Waals surface area contributed by atoms with E-state index in [0.29, 0.717) is 22.5 Å². The zero-order chi connectivity index (χ0) is 20.0. The number of carbonyl (C=O) groups excluding carboxylic acids is 2. The van der Waals surface area contributed by atoms with E-state index in [-0.39, 0.29) is 18.3 Å². The van der Waals surface area contributed by atoms with Crippen molar-refractivity contribution in [3.63, 3.8) is 0 Å². The van der Waals surface area contributed by atoms with Gasteiger partial charge < -0.3 is 10.1 Å². The van der Waals surface area contributed by atoms with Gasteiger partial charge in [0.15, 0.2) is 0 Å². The molecule has 8 heteroatoms. The largest absolute Gasteiger partial charge is 0.462 e. The van der Waals surface area contributed by atoms with Gasteiger partial charge in [-0.05, 0) is 56.3 Å². The fourth-order valence-electron chi connectivity index (χ4n) is 2.30. The van der Waals surface area contributed by atoms with E-state index in [9.17, 15) is 18.0 Å². The molecule has 0 saturated carbocycles. The highest BCUT2D eigenvalue weighted by Gasteiger charge is 2.17. The minimum Gasteiger partial charge on any atom is -0.462 e. The van der Waals surface area contributed by atoms with Gasteiger partial charge in [0.05, 0.1) is 23.6 Å². The Morgan fingerprint density at radius 2 is 1.70 bits per heavy atom. The van der Waals surface area contributed by atoms with Crippen molar-refractivity contribution in [2.24, 2.45) is 0 Å². The number of ether oxygens (including phenoxy) is 1. The summed E-state index contributed by atoms with van der Waals surface area (Å²) in [6.07, 6.45) is 0. The topological polar surface area (TPSA) is 92.8 Å².